The molecule has 0 aliphatic rings. The number of aromatic amines is 1. The van der Waals surface area contributed by atoms with Crippen molar-refractivity contribution in [2.45, 2.75) is 19.6 Å². The number of aryl methyl sites for hydroxylation is 1. The fourth-order valence-corrected chi connectivity index (χ4v) is 3.25. The normalized spacial score (nSPS) is 11.5. The van der Waals surface area contributed by atoms with E-state index in [0.29, 0.717) is 6.20 Å². The first kappa shape index (κ1) is 23.0. The molecule has 1 aromatic carbocycles. The molecule has 0 aliphatic carbocycles. The Balaban J connectivity index is 1.52. The Morgan fingerprint density at radius 3 is 2.47 bits per heavy atom. The molecule has 34 heavy (non-hydrogen) atoms. The summed E-state index contributed by atoms with van der Waals surface area (Å²) in [7, 11) is 0. The quantitative estimate of drug-likeness (QED) is 0.323. The van der Waals surface area contributed by atoms with Gasteiger partial charge in [-0.1, -0.05) is 0 Å². The van der Waals surface area contributed by atoms with Crippen molar-refractivity contribution in [3.05, 3.63) is 77.4 Å². The SMILES string of the molecule is Cc1cc(CNC(=O)Nc2cc(F)c(Oc3ccnc4[nH]cc(C(F)(F)F)c34)c(F)c2)ccn1. The molecular formula is C22H16F5N5O2. The minimum absolute atomic E-state index is 0.150. The Hall–Kier alpha value is -4.22. The lowest BCUT2D eigenvalue weighted by Gasteiger charge is -2.13. The van der Waals surface area contributed by atoms with Gasteiger partial charge in [0.1, 0.15) is 11.4 Å². The third-order valence-electron chi connectivity index (χ3n) is 4.72. The number of nitrogens with zero attached hydrogens (tertiary/aromatic N) is 2. The molecule has 0 fully saturated rings. The lowest BCUT2D eigenvalue weighted by Crippen LogP contribution is -2.28. The van der Waals surface area contributed by atoms with Gasteiger partial charge in [-0.15, -0.1) is 0 Å². The number of rotatable bonds is 5. The van der Waals surface area contributed by atoms with Crippen LogP contribution in [0.15, 0.2) is 48.9 Å². The van der Waals surface area contributed by atoms with Crippen LogP contribution in [0.1, 0.15) is 16.8 Å². The molecule has 0 spiro atoms. The Bertz CT molecular complexity index is 1350. The fraction of sp³-hybridized carbons (Fsp3) is 0.136. The number of hydrogen-bond acceptors (Lipinski definition) is 4. The number of halogens is 5. The van der Waals surface area contributed by atoms with Crippen molar-refractivity contribution in [3.8, 4) is 11.5 Å². The van der Waals surface area contributed by atoms with E-state index in [1.54, 1.807) is 25.3 Å². The van der Waals surface area contributed by atoms with Gasteiger partial charge in [0.05, 0.1) is 10.9 Å². The summed E-state index contributed by atoms with van der Waals surface area (Å²) >= 11 is 0. The second-order valence-corrected chi connectivity index (χ2v) is 7.22. The van der Waals surface area contributed by atoms with Crippen molar-refractivity contribution in [3.63, 3.8) is 0 Å². The van der Waals surface area contributed by atoms with E-state index in [1.807, 2.05) is 0 Å². The van der Waals surface area contributed by atoms with Crippen molar-refractivity contribution < 1.29 is 31.5 Å². The number of carbonyl (C=O) groups is 1. The zero-order valence-corrected chi connectivity index (χ0v) is 17.4. The molecule has 12 heteroatoms. The summed E-state index contributed by atoms with van der Waals surface area (Å²) < 4.78 is 74.3. The third kappa shape index (κ3) is 4.90. The molecule has 4 rings (SSSR count). The highest BCUT2D eigenvalue weighted by atomic mass is 19.4. The molecule has 2 amide bonds. The van der Waals surface area contributed by atoms with Crippen LogP contribution in [0.25, 0.3) is 11.0 Å². The molecule has 0 atom stereocenters. The first-order chi connectivity index (χ1) is 16.1. The third-order valence-corrected chi connectivity index (χ3v) is 4.72. The zero-order valence-electron chi connectivity index (χ0n) is 17.4. The van der Waals surface area contributed by atoms with Crippen LogP contribution in [-0.2, 0) is 12.7 Å². The predicted molar refractivity (Wildman–Crippen MR) is 112 cm³/mol. The number of pyridine rings is 2. The molecule has 3 N–H and O–H groups in total. The van der Waals surface area contributed by atoms with Crippen molar-refractivity contribution in [2.75, 3.05) is 5.32 Å². The van der Waals surface area contributed by atoms with Crippen LogP contribution in [0, 0.1) is 18.6 Å². The van der Waals surface area contributed by atoms with Crippen molar-refractivity contribution in [2.24, 2.45) is 0 Å². The molecule has 4 aromatic rings. The number of anilines is 1. The summed E-state index contributed by atoms with van der Waals surface area (Å²) in [6, 6.07) is 5.37. The molecular weight excluding hydrogens is 461 g/mol. The molecule has 0 saturated heterocycles. The highest BCUT2D eigenvalue weighted by molar-refractivity contribution is 5.89. The van der Waals surface area contributed by atoms with Gasteiger partial charge in [-0.3, -0.25) is 4.98 Å². The maximum absolute atomic E-state index is 14.6. The summed E-state index contributed by atoms with van der Waals surface area (Å²) in [5.41, 5.74) is 0.0577. The first-order valence-corrected chi connectivity index (χ1v) is 9.78. The zero-order chi connectivity index (χ0) is 24.5. The summed E-state index contributed by atoms with van der Waals surface area (Å²) in [6.45, 7) is 1.94. The number of ether oxygens (including phenoxy) is 1. The van der Waals surface area contributed by atoms with E-state index in [9.17, 15) is 26.7 Å². The van der Waals surface area contributed by atoms with Crippen molar-refractivity contribution >= 4 is 22.8 Å². The molecule has 3 heterocycles. The molecule has 0 aliphatic heterocycles. The van der Waals surface area contributed by atoms with Crippen molar-refractivity contribution in [1.29, 1.82) is 0 Å². The van der Waals surface area contributed by atoms with Gasteiger partial charge >= 0.3 is 12.2 Å². The highest BCUT2D eigenvalue weighted by Gasteiger charge is 2.35. The molecule has 176 valence electrons. The number of alkyl halides is 3. The fourth-order valence-electron chi connectivity index (χ4n) is 3.25. The molecule has 0 bridgehead atoms. The number of fused-ring (bicyclic) bond motifs is 1. The number of benzene rings is 1. The largest absolute Gasteiger partial charge is 0.450 e. The first-order valence-electron chi connectivity index (χ1n) is 9.78. The lowest BCUT2D eigenvalue weighted by molar-refractivity contribution is -0.136. The van der Waals surface area contributed by atoms with E-state index < -0.39 is 46.3 Å². The summed E-state index contributed by atoms with van der Waals surface area (Å²) in [4.78, 5) is 22.2. The van der Waals surface area contributed by atoms with Gasteiger partial charge in [0.2, 0.25) is 0 Å². The second kappa shape index (κ2) is 8.96. The number of carbonyl (C=O) groups excluding carboxylic acids is 1. The van der Waals surface area contributed by atoms with Gasteiger partial charge in [-0.2, -0.15) is 13.2 Å². The van der Waals surface area contributed by atoms with Crippen LogP contribution in [-0.4, -0.2) is 21.0 Å². The van der Waals surface area contributed by atoms with Crippen LogP contribution < -0.4 is 15.4 Å². The number of H-pyrrole nitrogens is 1. The van der Waals surface area contributed by atoms with Gasteiger partial charge < -0.3 is 20.4 Å². The van der Waals surface area contributed by atoms with Crippen LogP contribution in [0.5, 0.6) is 11.5 Å². The van der Waals surface area contributed by atoms with Crippen LogP contribution >= 0.6 is 0 Å². The summed E-state index contributed by atoms with van der Waals surface area (Å²) in [6.07, 6.45) is -1.34. The molecule has 7 nitrogen and oxygen atoms in total. The maximum atomic E-state index is 14.6. The predicted octanol–water partition coefficient (Wildman–Crippen LogP) is 5.68. The highest BCUT2D eigenvalue weighted by Crippen LogP contribution is 2.40. The number of nitrogens with one attached hydrogen (secondary N) is 3. The van der Waals surface area contributed by atoms with E-state index in [1.165, 1.54) is 0 Å². The average Bonchev–Trinajstić information content (AvgIpc) is 3.21. The molecule has 0 saturated carbocycles. The van der Waals surface area contributed by atoms with Crippen LogP contribution in [0.3, 0.4) is 0 Å². The molecule has 0 unspecified atom stereocenters. The smallest absolute Gasteiger partial charge is 0.418 e. The van der Waals surface area contributed by atoms with Crippen molar-refractivity contribution in [1.82, 2.24) is 20.3 Å². The van der Waals surface area contributed by atoms with E-state index in [0.717, 1.165) is 35.7 Å². The van der Waals surface area contributed by atoms with E-state index in [2.05, 4.69) is 25.6 Å². The van der Waals surface area contributed by atoms with Crippen LogP contribution in [0.2, 0.25) is 0 Å². The monoisotopic (exact) mass is 477 g/mol. The minimum atomic E-state index is -4.74. The van der Waals surface area contributed by atoms with Gasteiger partial charge in [0.25, 0.3) is 0 Å². The Morgan fingerprint density at radius 2 is 1.79 bits per heavy atom. The molecule has 0 radical (unpaired) electrons. The number of hydrogen-bond donors (Lipinski definition) is 3. The number of aromatic nitrogens is 3. The lowest BCUT2D eigenvalue weighted by atomic mass is 10.2. The topological polar surface area (TPSA) is 91.9 Å². The van der Waals surface area contributed by atoms with Gasteiger partial charge in [-0.05, 0) is 30.7 Å². The Morgan fingerprint density at radius 1 is 1.09 bits per heavy atom. The minimum Gasteiger partial charge on any atom is -0.450 e. The number of amides is 2. The maximum Gasteiger partial charge on any atom is 0.418 e. The van der Waals surface area contributed by atoms with Crippen LogP contribution in [0.4, 0.5) is 32.4 Å². The van der Waals surface area contributed by atoms with E-state index in [-0.39, 0.29) is 17.9 Å². The summed E-state index contributed by atoms with van der Waals surface area (Å²) in [5, 5.41) is 4.35. The number of urea groups is 1. The molecule has 3 aromatic heterocycles. The van der Waals surface area contributed by atoms with Gasteiger partial charge in [0, 0.05) is 48.6 Å². The second-order valence-electron chi connectivity index (χ2n) is 7.22. The van der Waals surface area contributed by atoms with E-state index in [4.69, 9.17) is 4.74 Å². The van der Waals surface area contributed by atoms with Gasteiger partial charge in [-0.25, -0.2) is 18.6 Å². The standard InChI is InChI=1S/C22H16F5N5O2/c1-11-6-12(2-4-28-11)9-31-21(33)32-13-7-15(23)19(16(24)8-13)34-17-3-5-29-20-18(17)14(10-30-20)22(25,26)27/h2-8,10H,9H2,1H3,(H,29,30)(H2,31,32,33). The Kier molecular flexibility index (Phi) is 6.05. The average molecular weight is 477 g/mol. The Labute approximate surface area is 189 Å². The summed E-state index contributed by atoms with van der Waals surface area (Å²) in [5.74, 6) is -3.83. The van der Waals surface area contributed by atoms with E-state index >= 15 is 0 Å². The van der Waals surface area contributed by atoms with Gasteiger partial charge in [0.15, 0.2) is 17.4 Å².